The van der Waals surface area contributed by atoms with Crippen LogP contribution in [0.2, 0.25) is 5.02 Å². The molecule has 2 aromatic carbocycles. The van der Waals surface area contributed by atoms with Gasteiger partial charge in [-0.05, 0) is 35.7 Å². The second kappa shape index (κ2) is 5.83. The van der Waals surface area contributed by atoms with Crippen molar-refractivity contribution in [2.45, 2.75) is 12.5 Å². The lowest BCUT2D eigenvalue weighted by atomic mass is 9.99. The van der Waals surface area contributed by atoms with Crippen LogP contribution in [0.15, 0.2) is 46.9 Å². The summed E-state index contributed by atoms with van der Waals surface area (Å²) in [6, 6.07) is 12.1. The highest BCUT2D eigenvalue weighted by Crippen LogP contribution is 2.25. The molecule has 0 radical (unpaired) electrons. The van der Waals surface area contributed by atoms with E-state index in [0.29, 0.717) is 17.0 Å². The second-order valence-corrected chi connectivity index (χ2v) is 5.36. The summed E-state index contributed by atoms with van der Waals surface area (Å²) in [5.74, 6) is -0.315. The number of halogens is 3. The molecule has 0 amide bonds. The molecule has 2 N–H and O–H groups in total. The Balaban J connectivity index is 2.21. The summed E-state index contributed by atoms with van der Waals surface area (Å²) in [6.07, 6.45) is 0.436. The number of nitrogens with two attached hydrogens (primary N) is 1. The monoisotopic (exact) mass is 327 g/mol. The van der Waals surface area contributed by atoms with Crippen LogP contribution in [0.1, 0.15) is 17.2 Å². The molecule has 0 aliphatic carbocycles. The van der Waals surface area contributed by atoms with Gasteiger partial charge in [-0.1, -0.05) is 51.8 Å². The van der Waals surface area contributed by atoms with Crippen molar-refractivity contribution in [2.24, 2.45) is 5.73 Å². The summed E-state index contributed by atoms with van der Waals surface area (Å²) in [4.78, 5) is 0. The minimum absolute atomic E-state index is 0.253. The van der Waals surface area contributed by atoms with E-state index < -0.39 is 0 Å². The van der Waals surface area contributed by atoms with E-state index in [4.69, 9.17) is 17.3 Å². The predicted octanol–water partition coefficient (Wildman–Crippen LogP) is 4.48. The standard InChI is InChI=1S/C14H12BrClFN/c15-12-4-2-1-3-11(12)14(18)7-9-5-6-10(16)8-13(9)17/h1-6,8,14H,7,18H2. The molecule has 18 heavy (non-hydrogen) atoms. The van der Waals surface area contributed by atoms with Crippen LogP contribution in [0, 0.1) is 5.82 Å². The molecule has 0 fully saturated rings. The molecule has 94 valence electrons. The van der Waals surface area contributed by atoms with Gasteiger partial charge in [0, 0.05) is 15.5 Å². The lowest BCUT2D eigenvalue weighted by Gasteiger charge is -2.14. The van der Waals surface area contributed by atoms with Crippen molar-refractivity contribution in [3.63, 3.8) is 0 Å². The van der Waals surface area contributed by atoms with Crippen LogP contribution in [0.25, 0.3) is 0 Å². The zero-order valence-corrected chi connectivity index (χ0v) is 11.9. The second-order valence-electron chi connectivity index (χ2n) is 4.07. The van der Waals surface area contributed by atoms with Crippen molar-refractivity contribution in [1.82, 2.24) is 0 Å². The maximum atomic E-state index is 13.7. The minimum atomic E-state index is -0.315. The molecule has 1 unspecified atom stereocenters. The lowest BCUT2D eigenvalue weighted by Crippen LogP contribution is -2.14. The van der Waals surface area contributed by atoms with E-state index in [1.54, 1.807) is 12.1 Å². The molecule has 0 saturated heterocycles. The molecule has 0 aliphatic rings. The van der Waals surface area contributed by atoms with E-state index in [1.165, 1.54) is 6.07 Å². The van der Waals surface area contributed by atoms with Crippen molar-refractivity contribution in [3.05, 3.63) is 68.9 Å². The van der Waals surface area contributed by atoms with Gasteiger partial charge >= 0.3 is 0 Å². The Morgan fingerprint density at radius 2 is 1.94 bits per heavy atom. The largest absolute Gasteiger partial charge is 0.324 e. The Labute approximate surface area is 119 Å². The van der Waals surface area contributed by atoms with E-state index in [0.717, 1.165) is 10.0 Å². The zero-order chi connectivity index (χ0) is 13.1. The summed E-state index contributed by atoms with van der Waals surface area (Å²) in [7, 11) is 0. The molecule has 0 aromatic heterocycles. The van der Waals surface area contributed by atoms with Crippen molar-refractivity contribution in [3.8, 4) is 0 Å². The molecule has 2 rings (SSSR count). The van der Waals surface area contributed by atoms with Crippen LogP contribution in [-0.4, -0.2) is 0 Å². The molecule has 2 aromatic rings. The maximum absolute atomic E-state index is 13.7. The van der Waals surface area contributed by atoms with Gasteiger partial charge in [0.2, 0.25) is 0 Å². The zero-order valence-electron chi connectivity index (χ0n) is 9.54. The average molecular weight is 329 g/mol. The highest BCUT2D eigenvalue weighted by atomic mass is 79.9. The number of hydrogen-bond acceptors (Lipinski definition) is 1. The smallest absolute Gasteiger partial charge is 0.127 e. The van der Waals surface area contributed by atoms with Crippen LogP contribution in [0.4, 0.5) is 4.39 Å². The normalized spacial score (nSPS) is 12.4. The van der Waals surface area contributed by atoms with Gasteiger partial charge in [0.05, 0.1) is 0 Å². The predicted molar refractivity (Wildman–Crippen MR) is 76.2 cm³/mol. The van der Waals surface area contributed by atoms with Gasteiger partial charge < -0.3 is 5.73 Å². The Morgan fingerprint density at radius 1 is 1.22 bits per heavy atom. The SMILES string of the molecule is NC(Cc1ccc(Cl)cc1F)c1ccccc1Br. The molecule has 0 spiro atoms. The van der Waals surface area contributed by atoms with Gasteiger partial charge in [-0.15, -0.1) is 0 Å². The first-order valence-electron chi connectivity index (χ1n) is 5.52. The molecule has 1 atom stereocenters. The average Bonchev–Trinajstić information content (AvgIpc) is 2.33. The van der Waals surface area contributed by atoms with E-state index in [1.807, 2.05) is 24.3 Å². The molecule has 0 heterocycles. The highest BCUT2D eigenvalue weighted by Gasteiger charge is 2.12. The fraction of sp³-hybridized carbons (Fsp3) is 0.143. The summed E-state index contributed by atoms with van der Waals surface area (Å²) < 4.78 is 14.6. The molecule has 0 bridgehead atoms. The maximum Gasteiger partial charge on any atom is 0.127 e. The van der Waals surface area contributed by atoms with Gasteiger partial charge in [0.1, 0.15) is 5.82 Å². The highest BCUT2D eigenvalue weighted by molar-refractivity contribution is 9.10. The topological polar surface area (TPSA) is 26.0 Å². The van der Waals surface area contributed by atoms with Gasteiger partial charge in [0.25, 0.3) is 0 Å². The van der Waals surface area contributed by atoms with Crippen molar-refractivity contribution in [2.75, 3.05) is 0 Å². The third kappa shape index (κ3) is 3.10. The Morgan fingerprint density at radius 3 is 2.61 bits per heavy atom. The first-order chi connectivity index (χ1) is 8.58. The molecular weight excluding hydrogens is 317 g/mol. The fourth-order valence-corrected chi connectivity index (χ4v) is 2.55. The van der Waals surface area contributed by atoms with Crippen molar-refractivity contribution < 1.29 is 4.39 Å². The first kappa shape index (κ1) is 13.5. The van der Waals surface area contributed by atoms with Crippen LogP contribution in [-0.2, 0) is 6.42 Å². The Kier molecular flexibility index (Phi) is 4.38. The molecular formula is C14H12BrClFN. The molecule has 1 nitrogen and oxygen atoms in total. The van der Waals surface area contributed by atoms with Crippen LogP contribution in [0.3, 0.4) is 0 Å². The number of benzene rings is 2. The van der Waals surface area contributed by atoms with E-state index in [-0.39, 0.29) is 11.9 Å². The Bertz CT molecular complexity index is 559. The van der Waals surface area contributed by atoms with E-state index in [2.05, 4.69) is 15.9 Å². The van der Waals surface area contributed by atoms with Gasteiger partial charge in [-0.3, -0.25) is 0 Å². The minimum Gasteiger partial charge on any atom is -0.324 e. The van der Waals surface area contributed by atoms with E-state index >= 15 is 0 Å². The van der Waals surface area contributed by atoms with Crippen LogP contribution in [0.5, 0.6) is 0 Å². The van der Waals surface area contributed by atoms with Gasteiger partial charge in [-0.2, -0.15) is 0 Å². The third-order valence-corrected chi connectivity index (χ3v) is 3.72. The van der Waals surface area contributed by atoms with Gasteiger partial charge in [0.15, 0.2) is 0 Å². The van der Waals surface area contributed by atoms with Crippen molar-refractivity contribution >= 4 is 27.5 Å². The lowest BCUT2D eigenvalue weighted by molar-refractivity contribution is 0.593. The quantitative estimate of drug-likeness (QED) is 0.883. The molecule has 4 heteroatoms. The van der Waals surface area contributed by atoms with Crippen LogP contribution >= 0.6 is 27.5 Å². The van der Waals surface area contributed by atoms with Crippen molar-refractivity contribution in [1.29, 1.82) is 0 Å². The van der Waals surface area contributed by atoms with Gasteiger partial charge in [-0.25, -0.2) is 4.39 Å². The first-order valence-corrected chi connectivity index (χ1v) is 6.69. The number of hydrogen-bond donors (Lipinski definition) is 1. The van der Waals surface area contributed by atoms with Crippen LogP contribution < -0.4 is 5.73 Å². The molecule has 0 saturated carbocycles. The fourth-order valence-electron chi connectivity index (χ4n) is 1.81. The summed E-state index contributed by atoms with van der Waals surface area (Å²) in [6.45, 7) is 0. The number of rotatable bonds is 3. The third-order valence-electron chi connectivity index (χ3n) is 2.76. The summed E-state index contributed by atoms with van der Waals surface area (Å²) in [5, 5.41) is 0.394. The Hall–Kier alpha value is -0.900. The van der Waals surface area contributed by atoms with E-state index in [9.17, 15) is 4.39 Å². The summed E-state index contributed by atoms with van der Waals surface area (Å²) in [5.41, 5.74) is 7.64. The summed E-state index contributed by atoms with van der Waals surface area (Å²) >= 11 is 9.16. The molecule has 0 aliphatic heterocycles.